The van der Waals surface area contributed by atoms with E-state index in [1.54, 1.807) is 12.4 Å². The number of nitrogens with zero attached hydrogens (tertiary/aromatic N) is 2. The van der Waals surface area contributed by atoms with Crippen LogP contribution in [0.1, 0.15) is 64.2 Å². The van der Waals surface area contributed by atoms with Crippen molar-refractivity contribution in [3.8, 4) is 11.4 Å². The molecule has 0 amide bonds. The Balaban J connectivity index is 0. The maximum atomic E-state index is 4.19. The second-order valence-electron chi connectivity index (χ2n) is 5.97. The molecule has 0 aromatic carbocycles. The van der Waals surface area contributed by atoms with Gasteiger partial charge in [0.05, 0.1) is 11.4 Å². The van der Waals surface area contributed by atoms with Crippen LogP contribution < -0.4 is 0 Å². The molecule has 0 atom stereocenters. The molecule has 4 rings (SSSR count). The van der Waals surface area contributed by atoms with Gasteiger partial charge in [-0.3, -0.25) is 9.97 Å². The minimum atomic E-state index is 0. The second-order valence-corrected chi connectivity index (χ2v) is 5.97. The van der Waals surface area contributed by atoms with Crippen molar-refractivity contribution in [2.24, 2.45) is 0 Å². The third kappa shape index (κ3) is 12.0. The van der Waals surface area contributed by atoms with Gasteiger partial charge < -0.3 is 14.9 Å². The summed E-state index contributed by atoms with van der Waals surface area (Å²) in [5.41, 5.74) is 1.83. The topological polar surface area (TPSA) is 25.8 Å². The molecule has 2 fully saturated rings. The molecule has 1 radical (unpaired) electrons. The molecule has 0 bridgehead atoms. The molecule has 0 unspecified atom stereocenters. The zero-order valence-corrected chi connectivity index (χ0v) is 17.4. The molecule has 2 aliphatic rings. The average molecular weight is 377 g/mol. The van der Waals surface area contributed by atoms with E-state index in [1.165, 1.54) is 64.2 Å². The molecule has 0 saturated heterocycles. The minimum absolute atomic E-state index is 0. The molecule has 0 aliphatic heterocycles. The Kier molecular flexibility index (Phi) is 18.5. The van der Waals surface area contributed by atoms with E-state index in [0.717, 1.165) is 11.4 Å². The van der Waals surface area contributed by atoms with Gasteiger partial charge in [0, 0.05) is 12.4 Å². The first-order valence-corrected chi connectivity index (χ1v) is 8.79. The van der Waals surface area contributed by atoms with Crippen molar-refractivity contribution in [1.82, 2.24) is 9.97 Å². The standard InChI is InChI=1S/C10H8N2.2C5H10.2CH3.V/c1-3-7-11-9(5-1)10-6-2-4-8-12-10;2*1-2-4-5-3-1;;;/h1-8H;2*1-5H2;2*1H3;/q;;;2*-1;+2. The van der Waals surface area contributed by atoms with Crippen molar-refractivity contribution in [2.45, 2.75) is 64.2 Å². The summed E-state index contributed by atoms with van der Waals surface area (Å²) in [4.78, 5) is 8.37. The van der Waals surface area contributed by atoms with E-state index in [4.69, 9.17) is 0 Å². The first-order valence-electron chi connectivity index (χ1n) is 8.79. The summed E-state index contributed by atoms with van der Waals surface area (Å²) in [6, 6.07) is 11.6. The number of hydrogen-bond donors (Lipinski definition) is 0. The maximum Gasteiger partial charge on any atom is 2.00 e. The van der Waals surface area contributed by atoms with E-state index in [-0.39, 0.29) is 33.4 Å². The molecule has 0 spiro atoms. The Hall–Kier alpha value is -1.12. The third-order valence-corrected chi connectivity index (χ3v) is 4.09. The monoisotopic (exact) mass is 377 g/mol. The molecule has 2 heterocycles. The molecule has 0 N–H and O–H groups in total. The van der Waals surface area contributed by atoms with Crippen LogP contribution in [0.3, 0.4) is 0 Å². The third-order valence-electron chi connectivity index (χ3n) is 4.09. The fourth-order valence-corrected chi connectivity index (χ4v) is 2.80. The van der Waals surface area contributed by atoms with Gasteiger partial charge in [-0.2, -0.15) is 0 Å². The van der Waals surface area contributed by atoms with E-state index in [1.807, 2.05) is 36.4 Å². The number of aromatic nitrogens is 2. The molecule has 137 valence electrons. The van der Waals surface area contributed by atoms with E-state index >= 15 is 0 Å². The average Bonchev–Trinajstić information content (AvgIpc) is 3.34. The quantitative estimate of drug-likeness (QED) is 0.503. The van der Waals surface area contributed by atoms with Crippen molar-refractivity contribution in [3.05, 3.63) is 63.6 Å². The number of hydrogen-bond acceptors (Lipinski definition) is 2. The van der Waals surface area contributed by atoms with Crippen molar-refractivity contribution in [1.29, 1.82) is 0 Å². The summed E-state index contributed by atoms with van der Waals surface area (Å²) in [6.07, 6.45) is 18.5. The summed E-state index contributed by atoms with van der Waals surface area (Å²) in [5.74, 6) is 0. The van der Waals surface area contributed by atoms with Gasteiger partial charge in [0.1, 0.15) is 0 Å². The van der Waals surface area contributed by atoms with E-state index in [2.05, 4.69) is 9.97 Å². The van der Waals surface area contributed by atoms with Gasteiger partial charge in [-0.05, 0) is 24.3 Å². The molecule has 25 heavy (non-hydrogen) atoms. The van der Waals surface area contributed by atoms with Crippen molar-refractivity contribution in [2.75, 3.05) is 0 Å². The van der Waals surface area contributed by atoms with Crippen LogP contribution in [0.25, 0.3) is 11.4 Å². The molecule has 2 aliphatic carbocycles. The van der Waals surface area contributed by atoms with E-state index in [0.29, 0.717) is 0 Å². The summed E-state index contributed by atoms with van der Waals surface area (Å²) in [6.45, 7) is 0. The van der Waals surface area contributed by atoms with Gasteiger partial charge in [-0.25, -0.2) is 0 Å². The summed E-state index contributed by atoms with van der Waals surface area (Å²) in [5, 5.41) is 0. The Morgan fingerprint density at radius 3 is 0.960 bits per heavy atom. The van der Waals surface area contributed by atoms with Crippen LogP contribution in [-0.4, -0.2) is 9.97 Å². The molecule has 2 aromatic heterocycles. The van der Waals surface area contributed by atoms with Crippen molar-refractivity contribution in [3.63, 3.8) is 0 Å². The van der Waals surface area contributed by atoms with Crippen LogP contribution in [0.5, 0.6) is 0 Å². The first kappa shape index (κ1) is 26.1. The first-order chi connectivity index (χ1) is 11.0. The molecule has 3 heteroatoms. The fourth-order valence-electron chi connectivity index (χ4n) is 2.80. The molecular formula is C22H34N2V. The Morgan fingerprint density at radius 1 is 0.480 bits per heavy atom. The van der Waals surface area contributed by atoms with Crippen LogP contribution in [0.2, 0.25) is 0 Å². The van der Waals surface area contributed by atoms with Gasteiger partial charge >= 0.3 is 18.6 Å². The van der Waals surface area contributed by atoms with Gasteiger partial charge in [0.2, 0.25) is 0 Å². The second kappa shape index (κ2) is 17.7. The summed E-state index contributed by atoms with van der Waals surface area (Å²) < 4.78 is 0. The van der Waals surface area contributed by atoms with Crippen LogP contribution in [0.4, 0.5) is 0 Å². The molecule has 2 nitrogen and oxygen atoms in total. The Bertz CT molecular complexity index is 417. The van der Waals surface area contributed by atoms with Gasteiger partial charge in [0.25, 0.3) is 0 Å². The molecular weight excluding hydrogens is 343 g/mol. The largest absolute Gasteiger partial charge is 2.00 e. The Morgan fingerprint density at radius 2 is 0.760 bits per heavy atom. The van der Waals surface area contributed by atoms with E-state index in [9.17, 15) is 0 Å². The maximum absolute atomic E-state index is 4.19. The van der Waals surface area contributed by atoms with Crippen molar-refractivity contribution < 1.29 is 18.6 Å². The zero-order chi connectivity index (χ0) is 15.3. The minimum Gasteiger partial charge on any atom is -0.358 e. The summed E-state index contributed by atoms with van der Waals surface area (Å²) >= 11 is 0. The van der Waals surface area contributed by atoms with Crippen LogP contribution >= 0.6 is 0 Å². The SMILES string of the molecule is C1CCCC1.C1CCCC1.[CH3-].[CH3-].[V+2].c1ccc(-c2ccccn2)nc1. The molecule has 2 aromatic rings. The summed E-state index contributed by atoms with van der Waals surface area (Å²) in [7, 11) is 0. The van der Waals surface area contributed by atoms with Crippen LogP contribution in [-0.2, 0) is 18.6 Å². The van der Waals surface area contributed by atoms with Gasteiger partial charge in [-0.1, -0.05) is 76.3 Å². The molecule has 2 saturated carbocycles. The number of pyridine rings is 2. The smallest absolute Gasteiger partial charge is 0.358 e. The predicted octanol–water partition coefficient (Wildman–Crippen LogP) is 6.94. The predicted molar refractivity (Wildman–Crippen MR) is 106 cm³/mol. The fraction of sp³-hybridized carbons (Fsp3) is 0.455. The van der Waals surface area contributed by atoms with Crippen LogP contribution in [0, 0.1) is 14.9 Å². The number of rotatable bonds is 1. The Labute approximate surface area is 167 Å². The van der Waals surface area contributed by atoms with Gasteiger partial charge in [-0.15, -0.1) is 0 Å². The zero-order valence-electron chi connectivity index (χ0n) is 16.0. The van der Waals surface area contributed by atoms with Gasteiger partial charge in [0.15, 0.2) is 0 Å². The van der Waals surface area contributed by atoms with Crippen LogP contribution in [0.15, 0.2) is 48.8 Å². The van der Waals surface area contributed by atoms with Crippen molar-refractivity contribution >= 4 is 0 Å². The normalized spacial score (nSPS) is 14.2. The van der Waals surface area contributed by atoms with E-state index < -0.39 is 0 Å².